The van der Waals surface area contributed by atoms with Crippen molar-refractivity contribution in [1.29, 1.82) is 0 Å². The van der Waals surface area contributed by atoms with Crippen molar-refractivity contribution in [3.63, 3.8) is 0 Å². The van der Waals surface area contributed by atoms with E-state index in [0.29, 0.717) is 0 Å². The van der Waals surface area contributed by atoms with Crippen LogP contribution in [0.2, 0.25) is 0 Å². The summed E-state index contributed by atoms with van der Waals surface area (Å²) in [6.45, 7) is 0. The molecule has 0 aromatic rings. The van der Waals surface area contributed by atoms with Crippen molar-refractivity contribution in [2.75, 3.05) is 0 Å². The smallest absolute Gasteiger partial charge is 1.00 e. The van der Waals surface area contributed by atoms with E-state index in [4.69, 9.17) is 40.8 Å². The normalized spacial score (nSPS) is 4.29. The average molecular weight is 257 g/mol. The third kappa shape index (κ3) is 1010. The van der Waals surface area contributed by atoms with Gasteiger partial charge >= 0.3 is 110 Å². The Hall–Kier alpha value is 1.44. The molecule has 0 saturated heterocycles. The van der Waals surface area contributed by atoms with E-state index < -0.39 is 10.2 Å². The van der Waals surface area contributed by atoms with E-state index in [2.05, 4.69) is 0 Å². The molecule has 0 aromatic heterocycles. The molecule has 0 heterocycles. The number of nitrogens with zero attached hydrogens (tertiary/aromatic N) is 3. The molecule has 0 amide bonds. The Morgan fingerprint density at radius 1 is 1.00 bits per heavy atom. The summed E-state index contributed by atoms with van der Waals surface area (Å²) in [4.78, 5) is 24.6. The molecule has 11 nitrogen and oxygen atoms in total. The first-order valence-electron chi connectivity index (χ1n) is 1.48. The van der Waals surface area contributed by atoms with Crippen LogP contribution in [0.5, 0.6) is 0 Å². The van der Waals surface area contributed by atoms with Crippen LogP contribution in [0.1, 0.15) is 1.43 Å². The predicted molar refractivity (Wildman–Crippen MR) is 29.4 cm³/mol. The molecule has 1 N–H and O–H groups in total. The summed E-state index contributed by atoms with van der Waals surface area (Å²) >= 11 is 0. The maximum absolute atomic E-state index is 8.25. The minimum atomic E-state index is -1.75. The Balaban J connectivity index is -0.0000000114. The summed E-state index contributed by atoms with van der Waals surface area (Å²) in [6.07, 6.45) is 0. The summed E-state index contributed by atoms with van der Waals surface area (Å²) in [5.74, 6) is 0. The molecule has 0 radical (unpaired) electrons. The van der Waals surface area contributed by atoms with E-state index in [0.717, 1.165) is 0 Å². The van der Waals surface area contributed by atoms with Crippen molar-refractivity contribution in [3.05, 3.63) is 35.6 Å². The van der Waals surface area contributed by atoms with Crippen LogP contribution in [0.4, 0.5) is 0 Å². The molecule has 0 aliphatic rings. The monoisotopic (exact) mass is 257 g/mol. The van der Waals surface area contributed by atoms with E-state index in [-0.39, 0.29) is 112 Å². The second kappa shape index (κ2) is 36.6. The van der Waals surface area contributed by atoms with Crippen LogP contribution >= 0.6 is 0 Å². The zero-order chi connectivity index (χ0) is 9.86. The van der Waals surface area contributed by atoms with Crippen molar-refractivity contribution in [2.24, 2.45) is 5.34 Å². The van der Waals surface area contributed by atoms with Gasteiger partial charge in [0.25, 0.3) is 0 Å². The minimum absolute atomic E-state index is 0. The van der Waals surface area contributed by atoms with Gasteiger partial charge in [-0.25, -0.2) is 0 Å². The first kappa shape index (κ1) is 36.1. The Labute approximate surface area is 165 Å². The molecule has 0 aliphatic heterocycles. The zero-order valence-corrected chi connectivity index (χ0v) is 14.8. The predicted octanol–water partition coefficient (Wildman–Crippen LogP) is -9.21. The molecule has 14 heavy (non-hydrogen) atoms. The second-order valence-electron chi connectivity index (χ2n) is 0.529. The first-order chi connectivity index (χ1) is 4.88. The molecule has 0 bridgehead atoms. The van der Waals surface area contributed by atoms with Gasteiger partial charge in [0, 0.05) is 0 Å². The van der Waals surface area contributed by atoms with Crippen LogP contribution in [-0.2, 0) is 0 Å². The summed E-state index contributed by atoms with van der Waals surface area (Å²) in [6, 6.07) is 0. The van der Waals surface area contributed by atoms with Crippen molar-refractivity contribution >= 4 is 0 Å². The van der Waals surface area contributed by atoms with Crippen LogP contribution in [0, 0.1) is 35.6 Å². The Morgan fingerprint density at radius 2 is 1.00 bits per heavy atom. The van der Waals surface area contributed by atoms with Crippen LogP contribution < -0.4 is 110 Å². The molecule has 14 heteroatoms. The zero-order valence-electron chi connectivity index (χ0n) is 8.65. The maximum Gasteiger partial charge on any atom is 1.00 e. The van der Waals surface area contributed by atoms with Gasteiger partial charge < -0.3 is 37.3 Å². The fourth-order valence-corrected chi connectivity index (χ4v) is 0. The van der Waals surface area contributed by atoms with Crippen LogP contribution in [0.3, 0.4) is 0 Å². The van der Waals surface area contributed by atoms with E-state index in [1.54, 1.807) is 0 Å². The molecule has 0 aromatic carbocycles. The van der Waals surface area contributed by atoms with Gasteiger partial charge in [-0.15, -0.1) is 4.91 Å². The third-order valence-electron chi connectivity index (χ3n) is 0. The SMILES string of the molecule is O=NO.O=[N+]([O-])[O-].O=[N+]([O-])[O-].[H-].[K+].[Na+].[Na+]. The van der Waals surface area contributed by atoms with Gasteiger partial charge in [0.15, 0.2) is 5.34 Å². The van der Waals surface area contributed by atoms with Crippen molar-refractivity contribution in [1.82, 2.24) is 0 Å². The van der Waals surface area contributed by atoms with Crippen LogP contribution in [-0.4, -0.2) is 15.4 Å². The fourth-order valence-electron chi connectivity index (χ4n) is 0. The Kier molecular flexibility index (Phi) is 94.5. The van der Waals surface area contributed by atoms with Crippen LogP contribution in [0.25, 0.3) is 0 Å². The largest absolute Gasteiger partial charge is 1.00 e. The van der Waals surface area contributed by atoms with Gasteiger partial charge in [-0.2, -0.15) is 0 Å². The summed E-state index contributed by atoms with van der Waals surface area (Å²) in [7, 11) is 0. The third-order valence-corrected chi connectivity index (χ3v) is 0. The number of rotatable bonds is 0. The summed E-state index contributed by atoms with van der Waals surface area (Å²) in [5.41, 5.74) is 0. The average Bonchev–Trinajstić information content (AvgIpc) is 1.60. The van der Waals surface area contributed by atoms with Gasteiger partial charge in [-0.1, -0.05) is 0 Å². The van der Waals surface area contributed by atoms with Gasteiger partial charge in [-0.3, -0.25) is 0 Å². The molecule has 0 atom stereocenters. The molecule has 0 unspecified atom stereocenters. The number of hydrogen-bond donors (Lipinski definition) is 1. The molecule has 0 aliphatic carbocycles. The minimum Gasteiger partial charge on any atom is -1.00 e. The van der Waals surface area contributed by atoms with Crippen molar-refractivity contribution < 1.29 is 127 Å². The van der Waals surface area contributed by atoms with Crippen molar-refractivity contribution in [2.45, 2.75) is 0 Å². The first-order valence-corrected chi connectivity index (χ1v) is 1.48. The molecule has 0 fully saturated rings. The molecule has 0 spiro atoms. The standard InChI is InChI=1S/K.2NO3.HNO2.2Na.H/c;2*2-1(3)4;2-1-3;;;/h;;;(H,2,3);;;/q+1;2*-1;;2*+1;-1. The topological polar surface area (TPSA) is 182 Å². The van der Waals surface area contributed by atoms with Gasteiger partial charge in [0.05, 0.1) is 10.2 Å². The van der Waals surface area contributed by atoms with Gasteiger partial charge in [-0.05, 0) is 0 Å². The molecule has 68 valence electrons. The van der Waals surface area contributed by atoms with Crippen LogP contribution in [0.15, 0.2) is 5.34 Å². The number of hydrogen-bond acceptors (Lipinski definition) is 8. The Morgan fingerprint density at radius 3 is 1.00 bits per heavy atom. The van der Waals surface area contributed by atoms with Gasteiger partial charge in [0.2, 0.25) is 0 Å². The molecule has 0 rings (SSSR count). The van der Waals surface area contributed by atoms with E-state index in [1.165, 1.54) is 5.34 Å². The Bertz CT molecular complexity index is 115. The van der Waals surface area contributed by atoms with E-state index in [9.17, 15) is 0 Å². The molecular formula is H2KN3Na2O8. The molecule has 0 saturated carbocycles. The summed E-state index contributed by atoms with van der Waals surface area (Å²) in [5, 5.41) is 37.4. The van der Waals surface area contributed by atoms with Gasteiger partial charge in [0.1, 0.15) is 0 Å². The summed E-state index contributed by atoms with van der Waals surface area (Å²) < 4.78 is 0. The molecular weight excluding hydrogens is 255 g/mol. The van der Waals surface area contributed by atoms with E-state index in [1.807, 2.05) is 0 Å². The van der Waals surface area contributed by atoms with Crippen molar-refractivity contribution in [3.8, 4) is 0 Å². The maximum atomic E-state index is 8.25. The quantitative estimate of drug-likeness (QED) is 0.192. The fraction of sp³-hybridized carbons (Fsp3) is 0. The van der Waals surface area contributed by atoms with E-state index >= 15 is 0 Å². The second-order valence-corrected chi connectivity index (χ2v) is 0.529.